The SMILES string of the molecule is CCNC(Cc1ccccc1Br)CC(CC)CC. The summed E-state index contributed by atoms with van der Waals surface area (Å²) in [6.07, 6.45) is 4.97. The van der Waals surface area contributed by atoms with E-state index in [0.717, 1.165) is 18.9 Å². The zero-order chi connectivity index (χ0) is 13.4. The van der Waals surface area contributed by atoms with Gasteiger partial charge in [-0.3, -0.25) is 0 Å². The van der Waals surface area contributed by atoms with Gasteiger partial charge in [0.25, 0.3) is 0 Å². The van der Waals surface area contributed by atoms with Crippen LogP contribution in [0.15, 0.2) is 28.7 Å². The van der Waals surface area contributed by atoms with Gasteiger partial charge in [-0.25, -0.2) is 0 Å². The normalized spacial score (nSPS) is 12.9. The summed E-state index contributed by atoms with van der Waals surface area (Å²) in [4.78, 5) is 0. The van der Waals surface area contributed by atoms with E-state index in [1.165, 1.54) is 29.3 Å². The Balaban J connectivity index is 2.65. The lowest BCUT2D eigenvalue weighted by molar-refractivity contribution is 0.367. The van der Waals surface area contributed by atoms with Gasteiger partial charge in [0, 0.05) is 10.5 Å². The van der Waals surface area contributed by atoms with Gasteiger partial charge in [-0.1, -0.05) is 67.7 Å². The van der Waals surface area contributed by atoms with Crippen LogP contribution in [0.1, 0.15) is 45.6 Å². The van der Waals surface area contributed by atoms with Gasteiger partial charge in [0.1, 0.15) is 0 Å². The number of nitrogens with one attached hydrogen (secondary N) is 1. The third kappa shape index (κ3) is 5.11. The molecule has 1 atom stereocenters. The largest absolute Gasteiger partial charge is 0.314 e. The van der Waals surface area contributed by atoms with Crippen molar-refractivity contribution in [1.82, 2.24) is 5.32 Å². The van der Waals surface area contributed by atoms with Gasteiger partial charge >= 0.3 is 0 Å². The first-order valence-electron chi connectivity index (χ1n) is 7.17. The molecule has 0 aliphatic heterocycles. The molecular formula is C16H26BrN. The van der Waals surface area contributed by atoms with Crippen molar-refractivity contribution in [1.29, 1.82) is 0 Å². The molecule has 1 aromatic rings. The Bertz CT molecular complexity index is 334. The first-order chi connectivity index (χ1) is 8.71. The third-order valence-corrected chi connectivity index (χ3v) is 4.46. The van der Waals surface area contributed by atoms with Gasteiger partial charge in [0.2, 0.25) is 0 Å². The Morgan fingerprint density at radius 2 is 1.78 bits per heavy atom. The van der Waals surface area contributed by atoms with Crippen LogP contribution in [0.5, 0.6) is 0 Å². The number of benzene rings is 1. The average Bonchev–Trinajstić information content (AvgIpc) is 2.38. The molecule has 0 saturated heterocycles. The van der Waals surface area contributed by atoms with E-state index >= 15 is 0 Å². The fourth-order valence-electron chi connectivity index (χ4n) is 2.48. The minimum atomic E-state index is 0.596. The molecule has 0 heterocycles. The molecule has 0 spiro atoms. The molecule has 0 bridgehead atoms. The Hall–Kier alpha value is -0.340. The van der Waals surface area contributed by atoms with Crippen LogP contribution in [0.4, 0.5) is 0 Å². The number of rotatable bonds is 8. The Morgan fingerprint density at radius 3 is 2.33 bits per heavy atom. The Morgan fingerprint density at radius 1 is 1.11 bits per heavy atom. The van der Waals surface area contributed by atoms with E-state index in [0.29, 0.717) is 6.04 Å². The van der Waals surface area contributed by atoms with Crippen LogP contribution in [0.25, 0.3) is 0 Å². The average molecular weight is 312 g/mol. The maximum Gasteiger partial charge on any atom is 0.0207 e. The topological polar surface area (TPSA) is 12.0 Å². The second kappa shape index (κ2) is 8.71. The zero-order valence-electron chi connectivity index (χ0n) is 11.9. The minimum Gasteiger partial charge on any atom is -0.314 e. The van der Waals surface area contributed by atoms with Gasteiger partial charge in [-0.05, 0) is 36.9 Å². The highest BCUT2D eigenvalue weighted by Gasteiger charge is 2.14. The van der Waals surface area contributed by atoms with Gasteiger partial charge < -0.3 is 5.32 Å². The second-order valence-electron chi connectivity index (χ2n) is 4.97. The molecular weight excluding hydrogens is 286 g/mol. The van der Waals surface area contributed by atoms with E-state index in [9.17, 15) is 0 Å². The highest BCUT2D eigenvalue weighted by Crippen LogP contribution is 2.21. The van der Waals surface area contributed by atoms with Crippen LogP contribution in [0.2, 0.25) is 0 Å². The standard InChI is InChI=1S/C16H26BrN/c1-4-13(5-2)11-15(18-6-3)12-14-9-7-8-10-16(14)17/h7-10,13,15,18H,4-6,11-12H2,1-3H3. The van der Waals surface area contributed by atoms with Crippen molar-refractivity contribution in [3.05, 3.63) is 34.3 Å². The summed E-state index contributed by atoms with van der Waals surface area (Å²) in [5, 5.41) is 3.64. The quantitative estimate of drug-likeness (QED) is 0.727. The van der Waals surface area contributed by atoms with E-state index < -0.39 is 0 Å². The van der Waals surface area contributed by atoms with E-state index in [1.807, 2.05) is 0 Å². The lowest BCUT2D eigenvalue weighted by Crippen LogP contribution is -2.33. The predicted octanol–water partition coefficient (Wildman–Crippen LogP) is 4.80. The summed E-state index contributed by atoms with van der Waals surface area (Å²) in [5.74, 6) is 0.844. The van der Waals surface area contributed by atoms with Crippen molar-refractivity contribution in [2.45, 2.75) is 52.5 Å². The first kappa shape index (κ1) is 15.7. The van der Waals surface area contributed by atoms with Crippen molar-refractivity contribution < 1.29 is 0 Å². The number of hydrogen-bond acceptors (Lipinski definition) is 1. The van der Waals surface area contributed by atoms with E-state index in [1.54, 1.807) is 0 Å². The molecule has 1 N–H and O–H groups in total. The molecule has 1 aromatic carbocycles. The molecule has 0 aliphatic carbocycles. The molecule has 18 heavy (non-hydrogen) atoms. The smallest absolute Gasteiger partial charge is 0.0207 e. The molecule has 1 unspecified atom stereocenters. The van der Waals surface area contributed by atoms with Crippen LogP contribution in [-0.2, 0) is 6.42 Å². The summed E-state index contributed by atoms with van der Waals surface area (Å²) < 4.78 is 1.23. The van der Waals surface area contributed by atoms with Gasteiger partial charge in [-0.2, -0.15) is 0 Å². The summed E-state index contributed by atoms with van der Waals surface area (Å²) in [6.45, 7) is 7.85. The summed E-state index contributed by atoms with van der Waals surface area (Å²) in [5.41, 5.74) is 1.41. The molecule has 0 radical (unpaired) electrons. The molecule has 0 amide bonds. The van der Waals surface area contributed by atoms with Crippen LogP contribution in [0.3, 0.4) is 0 Å². The lowest BCUT2D eigenvalue weighted by atomic mass is 9.91. The van der Waals surface area contributed by atoms with Crippen molar-refractivity contribution in [2.75, 3.05) is 6.54 Å². The van der Waals surface area contributed by atoms with Gasteiger partial charge in [0.05, 0.1) is 0 Å². The first-order valence-corrected chi connectivity index (χ1v) is 7.97. The molecule has 2 heteroatoms. The molecule has 102 valence electrons. The highest BCUT2D eigenvalue weighted by molar-refractivity contribution is 9.10. The monoisotopic (exact) mass is 311 g/mol. The Labute approximate surface area is 120 Å². The maximum absolute atomic E-state index is 3.65. The van der Waals surface area contributed by atoms with Crippen molar-refractivity contribution in [2.24, 2.45) is 5.92 Å². The molecule has 0 fully saturated rings. The zero-order valence-corrected chi connectivity index (χ0v) is 13.5. The second-order valence-corrected chi connectivity index (χ2v) is 5.82. The summed E-state index contributed by atoms with van der Waals surface area (Å²) in [6, 6.07) is 9.16. The number of likely N-dealkylation sites (N-methyl/N-ethyl adjacent to an activating group) is 1. The molecule has 0 aromatic heterocycles. The number of hydrogen-bond donors (Lipinski definition) is 1. The number of halogens is 1. The molecule has 1 nitrogen and oxygen atoms in total. The van der Waals surface area contributed by atoms with E-state index in [4.69, 9.17) is 0 Å². The fourth-order valence-corrected chi connectivity index (χ4v) is 2.93. The van der Waals surface area contributed by atoms with E-state index in [2.05, 4.69) is 66.3 Å². The summed E-state index contributed by atoms with van der Waals surface area (Å²) in [7, 11) is 0. The maximum atomic E-state index is 3.65. The lowest BCUT2D eigenvalue weighted by Gasteiger charge is -2.23. The fraction of sp³-hybridized carbons (Fsp3) is 0.625. The van der Waals surface area contributed by atoms with Gasteiger partial charge in [-0.15, -0.1) is 0 Å². The van der Waals surface area contributed by atoms with Crippen molar-refractivity contribution in [3.8, 4) is 0 Å². The van der Waals surface area contributed by atoms with Gasteiger partial charge in [0.15, 0.2) is 0 Å². The molecule has 0 saturated carbocycles. The highest BCUT2D eigenvalue weighted by atomic mass is 79.9. The van der Waals surface area contributed by atoms with Crippen molar-refractivity contribution >= 4 is 15.9 Å². The third-order valence-electron chi connectivity index (χ3n) is 3.69. The van der Waals surface area contributed by atoms with E-state index in [-0.39, 0.29) is 0 Å². The molecule has 1 rings (SSSR count). The predicted molar refractivity (Wildman–Crippen MR) is 84.0 cm³/mol. The minimum absolute atomic E-state index is 0.596. The van der Waals surface area contributed by atoms with Crippen molar-refractivity contribution in [3.63, 3.8) is 0 Å². The van der Waals surface area contributed by atoms with Crippen LogP contribution in [-0.4, -0.2) is 12.6 Å². The van der Waals surface area contributed by atoms with Crippen LogP contribution >= 0.6 is 15.9 Å². The van der Waals surface area contributed by atoms with Crippen LogP contribution in [0, 0.1) is 5.92 Å². The Kier molecular flexibility index (Phi) is 7.60. The summed E-state index contributed by atoms with van der Waals surface area (Å²) >= 11 is 3.65. The van der Waals surface area contributed by atoms with Crippen LogP contribution < -0.4 is 5.32 Å². The molecule has 0 aliphatic rings.